The van der Waals surface area contributed by atoms with Gasteiger partial charge in [0.1, 0.15) is 9.84 Å². The molecule has 1 aliphatic rings. The van der Waals surface area contributed by atoms with Gasteiger partial charge in [-0.05, 0) is 50.2 Å². The van der Waals surface area contributed by atoms with Gasteiger partial charge in [-0.2, -0.15) is 0 Å². The van der Waals surface area contributed by atoms with E-state index in [1.165, 1.54) is 23.3 Å². The zero-order valence-electron chi connectivity index (χ0n) is 12.4. The van der Waals surface area contributed by atoms with Gasteiger partial charge in [-0.25, -0.2) is 8.42 Å². The quantitative estimate of drug-likeness (QED) is 0.859. The summed E-state index contributed by atoms with van der Waals surface area (Å²) in [6, 6.07) is -0.793. The van der Waals surface area contributed by atoms with Gasteiger partial charge >= 0.3 is 0 Å². The third-order valence-corrected chi connectivity index (χ3v) is 6.10. The molecule has 0 saturated heterocycles. The van der Waals surface area contributed by atoms with Gasteiger partial charge in [0.05, 0.1) is 16.8 Å². The molecule has 1 atom stereocenters. The Labute approximate surface area is 129 Å². The fraction of sp³-hybridized carbons (Fsp3) is 0.643. The Morgan fingerprint density at radius 2 is 2.05 bits per heavy atom. The number of anilines is 1. The van der Waals surface area contributed by atoms with Crippen molar-refractivity contribution in [1.82, 2.24) is 0 Å². The molecule has 1 heterocycles. The lowest BCUT2D eigenvalue weighted by molar-refractivity contribution is -0.117. The van der Waals surface area contributed by atoms with Gasteiger partial charge in [0.2, 0.25) is 5.91 Å². The van der Waals surface area contributed by atoms with Crippen LogP contribution in [-0.4, -0.2) is 32.4 Å². The van der Waals surface area contributed by atoms with Gasteiger partial charge < -0.3 is 11.1 Å². The first-order valence-electron chi connectivity index (χ1n) is 7.13. The SMILES string of the molecule is Cc1c(NC(=O)C(N)CCS(C)(=O)=O)sc2c1CCCC2. The Morgan fingerprint density at radius 3 is 2.67 bits per heavy atom. The third kappa shape index (κ3) is 4.28. The summed E-state index contributed by atoms with van der Waals surface area (Å²) in [4.78, 5) is 13.4. The van der Waals surface area contributed by atoms with Crippen LogP contribution in [0.15, 0.2) is 0 Å². The summed E-state index contributed by atoms with van der Waals surface area (Å²) in [5, 5.41) is 3.73. The van der Waals surface area contributed by atoms with Gasteiger partial charge in [0, 0.05) is 11.1 Å². The van der Waals surface area contributed by atoms with Gasteiger partial charge in [0.15, 0.2) is 0 Å². The summed E-state index contributed by atoms with van der Waals surface area (Å²) in [5.74, 6) is -0.373. The largest absolute Gasteiger partial charge is 0.320 e. The van der Waals surface area contributed by atoms with Gasteiger partial charge in [-0.1, -0.05) is 0 Å². The molecule has 0 spiro atoms. The monoisotopic (exact) mass is 330 g/mol. The number of nitrogens with two attached hydrogens (primary N) is 1. The summed E-state index contributed by atoms with van der Waals surface area (Å²) in [6.07, 6.45) is 5.86. The maximum Gasteiger partial charge on any atom is 0.241 e. The topological polar surface area (TPSA) is 89.3 Å². The highest BCUT2D eigenvalue weighted by Gasteiger charge is 2.21. The first-order chi connectivity index (χ1) is 9.78. The predicted octanol–water partition coefficient (Wildman–Crippen LogP) is 1.64. The Bertz CT molecular complexity index is 635. The molecule has 1 aliphatic carbocycles. The molecule has 118 valence electrons. The van der Waals surface area contributed by atoms with E-state index in [2.05, 4.69) is 5.32 Å². The highest BCUT2D eigenvalue weighted by Crippen LogP contribution is 2.37. The number of sulfone groups is 1. The summed E-state index contributed by atoms with van der Waals surface area (Å²) in [7, 11) is -3.09. The van der Waals surface area contributed by atoms with Crippen LogP contribution in [0.2, 0.25) is 0 Å². The number of aryl methyl sites for hydroxylation is 1. The van der Waals surface area contributed by atoms with Gasteiger partial charge in [0.25, 0.3) is 0 Å². The second kappa shape index (κ2) is 6.46. The first-order valence-corrected chi connectivity index (χ1v) is 10.0. The van der Waals surface area contributed by atoms with Crippen molar-refractivity contribution in [2.75, 3.05) is 17.3 Å². The molecule has 0 bridgehead atoms. The number of carbonyl (C=O) groups excluding carboxylic acids is 1. The second-order valence-electron chi connectivity index (χ2n) is 5.68. The number of amides is 1. The smallest absolute Gasteiger partial charge is 0.241 e. The molecule has 0 fully saturated rings. The van der Waals surface area contributed by atoms with Crippen LogP contribution in [-0.2, 0) is 27.5 Å². The van der Waals surface area contributed by atoms with Crippen LogP contribution < -0.4 is 11.1 Å². The van der Waals surface area contributed by atoms with E-state index in [4.69, 9.17) is 5.73 Å². The molecule has 21 heavy (non-hydrogen) atoms. The molecule has 3 N–H and O–H groups in total. The van der Waals surface area contributed by atoms with Gasteiger partial charge in [-0.15, -0.1) is 11.3 Å². The molecular weight excluding hydrogens is 308 g/mol. The molecule has 0 aliphatic heterocycles. The predicted molar refractivity (Wildman–Crippen MR) is 86.6 cm³/mol. The van der Waals surface area contributed by atoms with E-state index in [0.717, 1.165) is 29.7 Å². The highest BCUT2D eigenvalue weighted by atomic mass is 32.2. The fourth-order valence-electron chi connectivity index (χ4n) is 2.52. The van der Waals surface area contributed by atoms with Crippen LogP contribution in [0.3, 0.4) is 0 Å². The van der Waals surface area contributed by atoms with E-state index >= 15 is 0 Å². The minimum Gasteiger partial charge on any atom is -0.320 e. The van der Waals surface area contributed by atoms with Crippen LogP contribution >= 0.6 is 11.3 Å². The van der Waals surface area contributed by atoms with Crippen molar-refractivity contribution in [2.45, 2.75) is 45.1 Å². The minimum atomic E-state index is -3.09. The summed E-state index contributed by atoms with van der Waals surface area (Å²) in [5.41, 5.74) is 8.28. The number of rotatable bonds is 5. The average molecular weight is 330 g/mol. The zero-order chi connectivity index (χ0) is 15.6. The van der Waals surface area contributed by atoms with E-state index in [1.54, 1.807) is 11.3 Å². The van der Waals surface area contributed by atoms with Crippen LogP contribution in [0.1, 0.15) is 35.3 Å². The van der Waals surface area contributed by atoms with Crippen LogP contribution in [0.25, 0.3) is 0 Å². The second-order valence-corrected chi connectivity index (χ2v) is 9.04. The van der Waals surface area contributed by atoms with E-state index < -0.39 is 15.9 Å². The lowest BCUT2D eigenvalue weighted by Gasteiger charge is -2.12. The highest BCUT2D eigenvalue weighted by molar-refractivity contribution is 7.90. The number of hydrogen-bond acceptors (Lipinski definition) is 5. The molecule has 1 unspecified atom stereocenters. The molecule has 0 saturated carbocycles. The summed E-state index contributed by atoms with van der Waals surface area (Å²) < 4.78 is 22.2. The fourth-order valence-corrected chi connectivity index (χ4v) is 4.50. The number of hydrogen-bond donors (Lipinski definition) is 2. The van der Waals surface area contributed by atoms with Crippen molar-refractivity contribution >= 4 is 32.1 Å². The Hall–Kier alpha value is -0.920. The lowest BCUT2D eigenvalue weighted by atomic mass is 9.96. The molecule has 0 aromatic carbocycles. The van der Waals surface area contributed by atoms with Crippen molar-refractivity contribution in [1.29, 1.82) is 0 Å². The van der Waals surface area contributed by atoms with Gasteiger partial charge in [-0.3, -0.25) is 4.79 Å². The summed E-state index contributed by atoms with van der Waals surface area (Å²) >= 11 is 1.63. The van der Waals surface area contributed by atoms with Crippen LogP contribution in [0.4, 0.5) is 5.00 Å². The molecule has 5 nitrogen and oxygen atoms in total. The molecule has 0 radical (unpaired) electrons. The molecular formula is C14H22N2O3S2. The molecule has 2 rings (SSSR count). The third-order valence-electron chi connectivity index (χ3n) is 3.81. The molecule has 7 heteroatoms. The lowest BCUT2D eigenvalue weighted by Crippen LogP contribution is -2.37. The Kier molecular flexibility index (Phi) is 5.06. The maximum atomic E-state index is 12.1. The number of nitrogens with one attached hydrogen (secondary N) is 1. The number of fused-ring (bicyclic) bond motifs is 1. The Balaban J connectivity index is 2.01. The van der Waals surface area contributed by atoms with E-state index in [0.29, 0.717) is 0 Å². The average Bonchev–Trinajstić information content (AvgIpc) is 2.72. The normalized spacial score (nSPS) is 16.3. The molecule has 1 aromatic rings. The first kappa shape index (κ1) is 16.5. The van der Waals surface area contributed by atoms with Crippen molar-refractivity contribution in [3.05, 3.63) is 16.0 Å². The van der Waals surface area contributed by atoms with E-state index in [9.17, 15) is 13.2 Å². The maximum absolute atomic E-state index is 12.1. The minimum absolute atomic E-state index is 0.0679. The van der Waals surface area contributed by atoms with E-state index in [-0.39, 0.29) is 18.1 Å². The number of thiophene rings is 1. The molecule has 1 aromatic heterocycles. The standard InChI is InChI=1S/C14H22N2O3S2/c1-9-10-5-3-4-6-12(10)20-14(9)16-13(17)11(15)7-8-21(2,18)19/h11H,3-8,15H2,1-2H3,(H,16,17). The van der Waals surface area contributed by atoms with Crippen LogP contribution in [0.5, 0.6) is 0 Å². The number of carbonyl (C=O) groups is 1. The zero-order valence-corrected chi connectivity index (χ0v) is 14.1. The van der Waals surface area contributed by atoms with Crippen molar-refractivity contribution < 1.29 is 13.2 Å². The summed E-state index contributed by atoms with van der Waals surface area (Å²) in [6.45, 7) is 2.03. The van der Waals surface area contributed by atoms with Crippen molar-refractivity contribution in [2.24, 2.45) is 5.73 Å². The van der Waals surface area contributed by atoms with Crippen molar-refractivity contribution in [3.8, 4) is 0 Å². The van der Waals surface area contributed by atoms with Crippen molar-refractivity contribution in [3.63, 3.8) is 0 Å². The molecule has 1 amide bonds. The van der Waals surface area contributed by atoms with Crippen LogP contribution in [0, 0.1) is 6.92 Å². The van der Waals surface area contributed by atoms with E-state index in [1.807, 2.05) is 6.92 Å². The Morgan fingerprint density at radius 1 is 1.38 bits per heavy atom.